The Hall–Kier alpha value is -3.02. The van der Waals surface area contributed by atoms with E-state index in [9.17, 15) is 23.2 Å². The number of anilines is 1. The van der Waals surface area contributed by atoms with E-state index in [1.807, 2.05) is 5.94 Å². The molecule has 1 amide bonds. The van der Waals surface area contributed by atoms with E-state index in [4.69, 9.17) is 9.47 Å². The number of carbonyl (C=O) groups is 1. The molecular weight excluding hydrogens is 582 g/mol. The zero-order valence-electron chi connectivity index (χ0n) is 25.2. The molecule has 0 radical (unpaired) electrons. The zero-order chi connectivity index (χ0) is 31.2. The summed E-state index contributed by atoms with van der Waals surface area (Å²) in [7, 11) is 0. The van der Waals surface area contributed by atoms with Gasteiger partial charge in [0, 0.05) is 25.8 Å². The molecule has 11 nitrogen and oxygen atoms in total. The van der Waals surface area contributed by atoms with Crippen molar-refractivity contribution in [1.29, 1.82) is 0 Å². The van der Waals surface area contributed by atoms with Crippen LogP contribution in [0.1, 0.15) is 64.3 Å². The van der Waals surface area contributed by atoms with Crippen molar-refractivity contribution in [3.05, 3.63) is 22.6 Å². The van der Waals surface area contributed by atoms with E-state index in [2.05, 4.69) is 32.8 Å². The number of ether oxygens (including phenoxy) is 2. The van der Waals surface area contributed by atoms with Crippen LogP contribution in [-0.2, 0) is 19.1 Å². The number of amides is 1. The van der Waals surface area contributed by atoms with Gasteiger partial charge in [-0.1, -0.05) is 31.1 Å². The van der Waals surface area contributed by atoms with Crippen molar-refractivity contribution in [3.8, 4) is 0 Å². The number of carbonyl (C=O) groups excluding carboxylic acids is 3. The normalized spacial score (nSPS) is 24.1. The third-order valence-corrected chi connectivity index (χ3v) is 8.94. The number of hydrogen-bond acceptors (Lipinski definition) is 11. The van der Waals surface area contributed by atoms with Crippen molar-refractivity contribution in [2.45, 2.75) is 77.0 Å². The third-order valence-electron chi connectivity index (χ3n) is 7.93. The first-order chi connectivity index (χ1) is 20.4. The summed E-state index contributed by atoms with van der Waals surface area (Å²) in [5, 5.41) is 8.80. The maximum atomic E-state index is 14.5. The van der Waals surface area contributed by atoms with Crippen LogP contribution in [0.15, 0.2) is 17.7 Å². The number of rotatable bonds is 9. The van der Waals surface area contributed by atoms with Crippen LogP contribution in [0, 0.1) is 11.8 Å². The highest BCUT2D eigenvalue weighted by molar-refractivity contribution is 7.15. The summed E-state index contributed by atoms with van der Waals surface area (Å²) >= 11 is 1.19. The molecule has 2 atom stereocenters. The second-order valence-corrected chi connectivity index (χ2v) is 13.6. The molecule has 43 heavy (non-hydrogen) atoms. The molecule has 1 aliphatic carbocycles. The number of nitrogens with zero attached hydrogens (tertiary/aromatic N) is 3. The first-order valence-corrected chi connectivity index (χ1v) is 15.6. The Morgan fingerprint density at radius 3 is 2.58 bits per heavy atom. The monoisotopic (exact) mass is 624 g/mol. The minimum Gasteiger partial charge on any atom is -0.444 e. The number of thiazole rings is 1. The lowest BCUT2D eigenvalue weighted by atomic mass is 9.78. The fourth-order valence-electron chi connectivity index (χ4n) is 5.69. The molecule has 3 N–H and O–H groups in total. The van der Waals surface area contributed by atoms with Gasteiger partial charge in [-0.2, -0.15) is 0 Å². The van der Waals surface area contributed by atoms with E-state index in [0.717, 1.165) is 25.7 Å². The minimum absolute atomic E-state index is 0.0110. The summed E-state index contributed by atoms with van der Waals surface area (Å²) < 4.78 is 40.0. The van der Waals surface area contributed by atoms with Crippen LogP contribution in [0.2, 0.25) is 0 Å². The molecule has 3 aliphatic rings. The van der Waals surface area contributed by atoms with Gasteiger partial charge in [0.2, 0.25) is 0 Å². The molecule has 3 heterocycles. The summed E-state index contributed by atoms with van der Waals surface area (Å²) in [6.45, 7) is 8.82. The Balaban J connectivity index is 1.58. The van der Waals surface area contributed by atoms with Crippen LogP contribution in [0.4, 0.5) is 18.7 Å². The fourth-order valence-corrected chi connectivity index (χ4v) is 6.62. The summed E-state index contributed by atoms with van der Waals surface area (Å²) in [4.78, 5) is 45.4. The molecular formula is C29H42F2N6O5S. The molecule has 3 fully saturated rings. The summed E-state index contributed by atoms with van der Waals surface area (Å²) in [5.41, 5.74) is -0.598. The van der Waals surface area contributed by atoms with Gasteiger partial charge < -0.3 is 30.3 Å². The Morgan fingerprint density at radius 1 is 1.26 bits per heavy atom. The Bertz CT molecular complexity index is 1210. The maximum absolute atomic E-state index is 14.5. The number of alkyl halides is 2. The molecule has 1 unspecified atom stereocenters. The van der Waals surface area contributed by atoms with Crippen LogP contribution in [-0.4, -0.2) is 96.3 Å². The average molecular weight is 625 g/mol. The molecule has 1 saturated carbocycles. The summed E-state index contributed by atoms with van der Waals surface area (Å²) in [5.74, 6) is 1.22. The molecule has 1 aromatic rings. The summed E-state index contributed by atoms with van der Waals surface area (Å²) in [6.07, 6.45) is 4.49. The Morgan fingerprint density at radius 2 is 1.95 bits per heavy atom. The van der Waals surface area contributed by atoms with Crippen LogP contribution in [0.25, 0.3) is 0 Å². The average Bonchev–Trinajstić information content (AvgIpc) is 3.41. The largest absolute Gasteiger partial charge is 0.444 e. The van der Waals surface area contributed by atoms with Crippen molar-refractivity contribution in [2.24, 2.45) is 11.8 Å². The van der Waals surface area contributed by atoms with Gasteiger partial charge in [0.25, 0.3) is 5.92 Å². The molecule has 0 aromatic carbocycles. The van der Waals surface area contributed by atoms with Gasteiger partial charge in [0.15, 0.2) is 16.9 Å². The highest BCUT2D eigenvalue weighted by atomic mass is 32.1. The second-order valence-electron chi connectivity index (χ2n) is 12.6. The number of nitrogens with one attached hydrogen (secondary N) is 3. The van der Waals surface area contributed by atoms with E-state index in [1.54, 1.807) is 32.9 Å². The molecule has 238 valence electrons. The Kier molecular flexibility index (Phi) is 10.8. The van der Waals surface area contributed by atoms with Crippen molar-refractivity contribution in [3.63, 3.8) is 0 Å². The molecule has 14 heteroatoms. The van der Waals surface area contributed by atoms with Crippen molar-refractivity contribution < 1.29 is 32.6 Å². The topological polar surface area (TPSA) is 125 Å². The van der Waals surface area contributed by atoms with Gasteiger partial charge in [-0.3, -0.25) is 4.90 Å². The van der Waals surface area contributed by atoms with Crippen molar-refractivity contribution in [1.82, 2.24) is 25.4 Å². The number of aromatic nitrogens is 1. The van der Waals surface area contributed by atoms with E-state index >= 15 is 0 Å². The zero-order valence-corrected chi connectivity index (χ0v) is 26.0. The molecule has 0 bridgehead atoms. The number of alkyl carbamates (subject to hydrolysis) is 1. The number of morpholine rings is 1. The van der Waals surface area contributed by atoms with Crippen molar-refractivity contribution >= 4 is 34.4 Å². The standard InChI is InChI=1S/C29H42F2N6O5S/c1-19-5-7-20(8-6-19)25(35-27(40)42-28(2,3)4)21(15-38)34-26-32-13-23(43-26)22(14-36-9-11-41-12-10-36)37-18-29(30,31)17-33-24(37)16-39/h13,19-20,22,25,33H,5-12,14,17-18H2,1-4H3,(H,32,34)(H,35,40)/t19?,20?,22?,25-/m0/s1. The van der Waals surface area contributed by atoms with Gasteiger partial charge in [-0.05, 0) is 45.4 Å². The van der Waals surface area contributed by atoms with Crippen LogP contribution in [0.3, 0.4) is 0 Å². The predicted molar refractivity (Wildman–Crippen MR) is 158 cm³/mol. The SMILES string of the molecule is CC1CCC([C@H](NC(=O)OC(C)(C)C)C(=C=O)Nc2ncc(C(CN3CCOCC3)N3CC(F)(F)CNC3=C=O)s2)CC1. The van der Waals surface area contributed by atoms with E-state index in [0.29, 0.717) is 48.8 Å². The van der Waals surface area contributed by atoms with Gasteiger partial charge in [-0.15, -0.1) is 0 Å². The van der Waals surface area contributed by atoms with Crippen LogP contribution < -0.4 is 16.0 Å². The van der Waals surface area contributed by atoms with Gasteiger partial charge in [-0.25, -0.2) is 28.1 Å². The van der Waals surface area contributed by atoms with Crippen molar-refractivity contribution in [2.75, 3.05) is 51.3 Å². The maximum Gasteiger partial charge on any atom is 0.408 e. The second kappa shape index (κ2) is 14.2. The van der Waals surface area contributed by atoms with Crippen LogP contribution >= 0.6 is 11.3 Å². The highest BCUT2D eigenvalue weighted by Crippen LogP contribution is 2.37. The van der Waals surface area contributed by atoms with E-state index in [-0.39, 0.29) is 17.4 Å². The lowest BCUT2D eigenvalue weighted by molar-refractivity contribution is -0.0580. The van der Waals surface area contributed by atoms with Crippen LogP contribution in [0.5, 0.6) is 0 Å². The first kappa shape index (κ1) is 32.9. The lowest BCUT2D eigenvalue weighted by Crippen LogP contribution is -2.55. The fraction of sp³-hybridized carbons (Fsp3) is 0.724. The molecule has 2 aliphatic heterocycles. The summed E-state index contributed by atoms with van der Waals surface area (Å²) in [6, 6.07) is -1.31. The van der Waals surface area contributed by atoms with E-state index in [1.165, 1.54) is 16.2 Å². The molecule has 0 spiro atoms. The van der Waals surface area contributed by atoms with Gasteiger partial charge in [0.05, 0.1) is 43.3 Å². The molecule has 1 aromatic heterocycles. The number of halogens is 2. The smallest absolute Gasteiger partial charge is 0.408 e. The quantitative estimate of drug-likeness (QED) is 0.351. The lowest BCUT2D eigenvalue weighted by Gasteiger charge is -2.42. The first-order valence-electron chi connectivity index (χ1n) is 14.8. The van der Waals surface area contributed by atoms with Gasteiger partial charge >= 0.3 is 6.09 Å². The molecule has 4 rings (SSSR count). The van der Waals surface area contributed by atoms with E-state index < -0.39 is 42.8 Å². The number of hydrogen-bond donors (Lipinski definition) is 3. The Labute approximate surface area is 255 Å². The predicted octanol–water partition coefficient (Wildman–Crippen LogP) is 3.58. The van der Waals surface area contributed by atoms with Gasteiger partial charge in [0.1, 0.15) is 17.2 Å². The minimum atomic E-state index is -3.05. The highest BCUT2D eigenvalue weighted by Gasteiger charge is 2.42. The molecule has 2 saturated heterocycles. The third kappa shape index (κ3) is 9.23.